The number of aromatic nitrogens is 2. The van der Waals surface area contributed by atoms with Crippen molar-refractivity contribution < 1.29 is 4.58 Å². The van der Waals surface area contributed by atoms with Gasteiger partial charge in [-0.05, 0) is 15.9 Å². The summed E-state index contributed by atoms with van der Waals surface area (Å²) in [6.45, 7) is 0.306. The van der Waals surface area contributed by atoms with Gasteiger partial charge in [0.15, 0.2) is 12.8 Å². The van der Waals surface area contributed by atoms with E-state index >= 15 is 0 Å². The lowest BCUT2D eigenvalue weighted by Gasteiger charge is -2.04. The fourth-order valence-electron chi connectivity index (χ4n) is 1.34. The number of H-pyrrole nitrogens is 2. The van der Waals surface area contributed by atoms with Crippen LogP contribution in [0.2, 0.25) is 0 Å². The van der Waals surface area contributed by atoms with Gasteiger partial charge in [-0.15, -0.1) is 0 Å². The molecule has 4 N–H and O–H groups in total. The van der Waals surface area contributed by atoms with Gasteiger partial charge in [0.1, 0.15) is 10.2 Å². The zero-order valence-electron chi connectivity index (χ0n) is 8.11. The maximum Gasteiger partial charge on any atom is 0.326 e. The van der Waals surface area contributed by atoms with Gasteiger partial charge in [-0.2, -0.15) is 4.58 Å². The molecule has 1 aromatic heterocycles. The molecule has 2 rings (SSSR count). The Kier molecular flexibility index (Phi) is 2.84. The average molecular weight is 287 g/mol. The minimum absolute atomic E-state index is 0.291. The zero-order chi connectivity index (χ0) is 11.7. The van der Waals surface area contributed by atoms with Crippen molar-refractivity contribution in [1.82, 2.24) is 9.97 Å². The number of nitrogens with one attached hydrogen (secondary N) is 2. The van der Waals surface area contributed by atoms with Crippen molar-refractivity contribution in [3.8, 4) is 0 Å². The summed E-state index contributed by atoms with van der Waals surface area (Å²) in [5.74, 6) is 0. The molecule has 0 saturated heterocycles. The first-order valence-corrected chi connectivity index (χ1v) is 5.26. The molecular formula is C8H9BrN5O2+. The molecule has 0 spiro atoms. The van der Waals surface area contributed by atoms with E-state index in [0.717, 1.165) is 0 Å². The van der Waals surface area contributed by atoms with E-state index in [9.17, 15) is 9.59 Å². The lowest BCUT2D eigenvalue weighted by Crippen LogP contribution is -2.32. The summed E-state index contributed by atoms with van der Waals surface area (Å²) in [6, 6.07) is 0. The minimum Gasteiger partial charge on any atom is -0.304 e. The van der Waals surface area contributed by atoms with Crippen LogP contribution in [-0.4, -0.2) is 33.3 Å². The highest BCUT2D eigenvalue weighted by Crippen LogP contribution is 2.08. The Morgan fingerprint density at radius 1 is 1.50 bits per heavy atom. The fraction of sp³-hybridized carbons (Fsp3) is 0.250. The molecule has 0 radical (unpaired) electrons. The normalized spacial score (nSPS) is 18.9. The zero-order valence-corrected chi connectivity index (χ0v) is 9.69. The maximum atomic E-state index is 11.3. The number of nitrogens with zero attached hydrogens (tertiary/aromatic N) is 2. The first kappa shape index (κ1) is 11.0. The lowest BCUT2D eigenvalue weighted by atomic mass is 10.4. The summed E-state index contributed by atoms with van der Waals surface area (Å²) in [5.41, 5.74) is 5.11. The smallest absolute Gasteiger partial charge is 0.304 e. The molecule has 0 amide bonds. The van der Waals surface area contributed by atoms with Crippen molar-refractivity contribution in [1.29, 1.82) is 0 Å². The summed E-state index contributed by atoms with van der Waals surface area (Å²) in [7, 11) is 0. The summed E-state index contributed by atoms with van der Waals surface area (Å²) >= 11 is 3.11. The Hall–Kier alpha value is -1.54. The summed E-state index contributed by atoms with van der Waals surface area (Å²) in [4.78, 5) is 31.0. The van der Waals surface area contributed by atoms with Gasteiger partial charge in [0.2, 0.25) is 0 Å². The van der Waals surface area contributed by atoms with Crippen molar-refractivity contribution >= 4 is 28.4 Å². The number of aliphatic imine (C=N–C) groups is 1. The molecular weight excluding hydrogens is 278 g/mol. The molecule has 2 heterocycles. The molecule has 16 heavy (non-hydrogen) atoms. The number of aromatic amines is 2. The van der Waals surface area contributed by atoms with Gasteiger partial charge in [0.25, 0.3) is 5.56 Å². The van der Waals surface area contributed by atoms with Crippen molar-refractivity contribution in [2.75, 3.05) is 0 Å². The second-order valence-electron chi connectivity index (χ2n) is 3.23. The SMILES string of the molecule is NC1N=CC=[N+]1Cc1[nH]c(=O)[nH]c(=O)c1Br. The summed E-state index contributed by atoms with van der Waals surface area (Å²) in [6.07, 6.45) is 2.79. The molecule has 0 fully saturated rings. The van der Waals surface area contributed by atoms with Gasteiger partial charge in [-0.3, -0.25) is 15.5 Å². The molecule has 1 aliphatic rings. The third-order valence-corrected chi connectivity index (χ3v) is 2.97. The number of hydrogen-bond donors (Lipinski definition) is 3. The van der Waals surface area contributed by atoms with E-state index in [-0.39, 0.29) is 0 Å². The predicted octanol–water partition coefficient (Wildman–Crippen LogP) is -1.26. The second kappa shape index (κ2) is 4.14. The lowest BCUT2D eigenvalue weighted by molar-refractivity contribution is -0.570. The van der Waals surface area contributed by atoms with E-state index in [1.165, 1.54) is 0 Å². The van der Waals surface area contributed by atoms with E-state index in [2.05, 4.69) is 30.9 Å². The molecule has 0 aromatic carbocycles. The largest absolute Gasteiger partial charge is 0.326 e. The third-order valence-electron chi connectivity index (χ3n) is 2.13. The molecule has 1 aromatic rings. The highest BCUT2D eigenvalue weighted by molar-refractivity contribution is 9.10. The monoisotopic (exact) mass is 286 g/mol. The van der Waals surface area contributed by atoms with Crippen LogP contribution in [0.4, 0.5) is 0 Å². The van der Waals surface area contributed by atoms with Crippen LogP contribution < -0.4 is 17.0 Å². The average Bonchev–Trinajstić information content (AvgIpc) is 2.60. The molecule has 1 unspecified atom stereocenters. The van der Waals surface area contributed by atoms with Crippen LogP contribution in [0.15, 0.2) is 19.1 Å². The van der Waals surface area contributed by atoms with Crippen molar-refractivity contribution in [2.24, 2.45) is 10.7 Å². The van der Waals surface area contributed by atoms with Gasteiger partial charge in [-0.1, -0.05) is 0 Å². The second-order valence-corrected chi connectivity index (χ2v) is 4.03. The molecule has 0 bridgehead atoms. The first-order chi connectivity index (χ1) is 7.58. The van der Waals surface area contributed by atoms with E-state index < -0.39 is 17.5 Å². The number of hydrogen-bond acceptors (Lipinski definition) is 4. The van der Waals surface area contributed by atoms with Crippen LogP contribution in [0.5, 0.6) is 0 Å². The number of rotatable bonds is 2. The molecule has 7 nitrogen and oxygen atoms in total. The van der Waals surface area contributed by atoms with Gasteiger partial charge in [0, 0.05) is 0 Å². The maximum absolute atomic E-state index is 11.3. The number of nitrogens with two attached hydrogens (primary N) is 1. The fourth-order valence-corrected chi connectivity index (χ4v) is 1.67. The summed E-state index contributed by atoms with van der Waals surface area (Å²) < 4.78 is 1.98. The Morgan fingerprint density at radius 2 is 2.25 bits per heavy atom. The highest BCUT2D eigenvalue weighted by Gasteiger charge is 2.20. The van der Waals surface area contributed by atoms with E-state index in [1.54, 1.807) is 17.0 Å². The van der Waals surface area contributed by atoms with Crippen molar-refractivity contribution in [2.45, 2.75) is 12.8 Å². The van der Waals surface area contributed by atoms with Crippen LogP contribution in [0, 0.1) is 0 Å². The first-order valence-electron chi connectivity index (χ1n) is 4.47. The van der Waals surface area contributed by atoms with Gasteiger partial charge in [0.05, 0.1) is 6.21 Å². The van der Waals surface area contributed by atoms with Crippen LogP contribution in [-0.2, 0) is 6.54 Å². The van der Waals surface area contributed by atoms with E-state index in [4.69, 9.17) is 5.73 Å². The molecule has 1 aliphatic heterocycles. The van der Waals surface area contributed by atoms with Gasteiger partial charge in [-0.25, -0.2) is 9.79 Å². The van der Waals surface area contributed by atoms with E-state index in [0.29, 0.717) is 16.7 Å². The topological polar surface area (TPSA) is 107 Å². The van der Waals surface area contributed by atoms with E-state index in [1.807, 2.05) is 0 Å². The van der Waals surface area contributed by atoms with Crippen molar-refractivity contribution in [3.63, 3.8) is 0 Å². The molecule has 8 heteroatoms. The minimum atomic E-state index is -0.545. The quantitative estimate of drug-likeness (QED) is 0.591. The Balaban J connectivity index is 2.36. The Labute approximate surface area is 97.9 Å². The van der Waals surface area contributed by atoms with Gasteiger partial charge < -0.3 is 4.98 Å². The van der Waals surface area contributed by atoms with Crippen LogP contribution in [0.3, 0.4) is 0 Å². The van der Waals surface area contributed by atoms with Crippen LogP contribution in [0.25, 0.3) is 0 Å². The highest BCUT2D eigenvalue weighted by atomic mass is 79.9. The Morgan fingerprint density at radius 3 is 2.88 bits per heavy atom. The molecule has 0 aliphatic carbocycles. The predicted molar refractivity (Wildman–Crippen MR) is 61.9 cm³/mol. The summed E-state index contributed by atoms with van der Waals surface area (Å²) in [5, 5.41) is 0. The van der Waals surface area contributed by atoms with Crippen LogP contribution >= 0.6 is 15.9 Å². The third kappa shape index (κ3) is 2.02. The standard InChI is InChI=1S/C8H8BrN5O2/c9-5-4(12-8(16)13-6(5)15)3-14-2-1-11-7(14)10/h1-2,7H,3,10H2,(H-,12,13,15,16)/p+1. The van der Waals surface area contributed by atoms with Crippen LogP contribution in [0.1, 0.15) is 5.69 Å². The number of halogens is 1. The molecule has 84 valence electrons. The van der Waals surface area contributed by atoms with Gasteiger partial charge >= 0.3 is 12.0 Å². The van der Waals surface area contributed by atoms with Crippen molar-refractivity contribution in [3.05, 3.63) is 31.0 Å². The molecule has 0 saturated carbocycles. The Bertz CT molecular complexity index is 585. The molecule has 1 atom stereocenters.